The highest BCUT2D eigenvalue weighted by molar-refractivity contribution is 6.31. The molecule has 2 amide bonds. The molecule has 0 spiro atoms. The number of hydrogen-bond donors (Lipinski definition) is 3. The number of fused-ring (bicyclic) bond motifs is 3. The molecule has 5 rings (SSSR count). The second-order valence-electron chi connectivity index (χ2n) is 8.59. The van der Waals surface area contributed by atoms with Crippen LogP contribution in [0.15, 0.2) is 54.7 Å². The summed E-state index contributed by atoms with van der Waals surface area (Å²) >= 11 is 6.11. The Bertz CT molecular complexity index is 1460. The summed E-state index contributed by atoms with van der Waals surface area (Å²) < 4.78 is 1.88. The lowest BCUT2D eigenvalue weighted by Gasteiger charge is -2.11. The Morgan fingerprint density at radius 3 is 2.69 bits per heavy atom. The van der Waals surface area contributed by atoms with E-state index in [1.165, 1.54) is 0 Å². The molecule has 0 bridgehead atoms. The maximum Gasteiger partial charge on any atom is 0.251 e. The molecule has 0 saturated heterocycles. The van der Waals surface area contributed by atoms with E-state index in [0.717, 1.165) is 28.2 Å². The van der Waals surface area contributed by atoms with Gasteiger partial charge in [0.1, 0.15) is 0 Å². The Hall–Kier alpha value is -4.24. The van der Waals surface area contributed by atoms with Crippen molar-refractivity contribution in [2.45, 2.75) is 26.8 Å². The van der Waals surface area contributed by atoms with Crippen molar-refractivity contribution in [1.82, 2.24) is 25.1 Å². The number of aryl methyl sites for hydroxylation is 2. The molecule has 10 heteroatoms. The predicted molar refractivity (Wildman–Crippen MR) is 139 cm³/mol. The molecule has 3 N–H and O–H groups in total. The zero-order valence-electron chi connectivity index (χ0n) is 19.8. The number of nitrogens with one attached hydrogen (secondary N) is 3. The van der Waals surface area contributed by atoms with Gasteiger partial charge in [0.15, 0.2) is 0 Å². The van der Waals surface area contributed by atoms with Crippen LogP contribution in [0.2, 0.25) is 5.02 Å². The summed E-state index contributed by atoms with van der Waals surface area (Å²) in [5.74, 6) is 0.0770. The fraction of sp³-hybridized carbons (Fsp3) is 0.192. The van der Waals surface area contributed by atoms with Crippen LogP contribution in [0.4, 0.5) is 17.3 Å². The number of carbonyl (C=O) groups excluding carboxylic acids is 2. The third-order valence-electron chi connectivity index (χ3n) is 5.84. The van der Waals surface area contributed by atoms with Crippen LogP contribution in [0.1, 0.15) is 27.3 Å². The van der Waals surface area contributed by atoms with Crippen LogP contribution in [0.25, 0.3) is 11.3 Å². The first-order valence-corrected chi connectivity index (χ1v) is 11.9. The molecule has 0 radical (unpaired) electrons. The van der Waals surface area contributed by atoms with Crippen molar-refractivity contribution in [2.24, 2.45) is 0 Å². The Kier molecular flexibility index (Phi) is 6.39. The van der Waals surface area contributed by atoms with Crippen molar-refractivity contribution in [3.8, 4) is 11.3 Å². The Labute approximate surface area is 212 Å². The van der Waals surface area contributed by atoms with E-state index in [-0.39, 0.29) is 18.2 Å². The molecule has 4 aromatic rings. The molecular weight excluding hydrogens is 478 g/mol. The normalized spacial score (nSPS) is 12.2. The number of hydrogen-bond acceptors (Lipinski definition) is 6. The average molecular weight is 502 g/mol. The highest BCUT2D eigenvalue weighted by Gasteiger charge is 2.21. The third kappa shape index (κ3) is 5.06. The van der Waals surface area contributed by atoms with Gasteiger partial charge in [-0.2, -0.15) is 5.10 Å². The lowest BCUT2D eigenvalue weighted by Crippen LogP contribution is -2.27. The highest BCUT2D eigenvalue weighted by atomic mass is 35.5. The van der Waals surface area contributed by atoms with Crippen LogP contribution in [0.5, 0.6) is 0 Å². The van der Waals surface area contributed by atoms with Gasteiger partial charge >= 0.3 is 0 Å². The lowest BCUT2D eigenvalue weighted by atomic mass is 10.1. The van der Waals surface area contributed by atoms with E-state index in [1.54, 1.807) is 42.6 Å². The largest absolute Gasteiger partial charge is 0.350 e. The van der Waals surface area contributed by atoms with Crippen LogP contribution in [-0.2, 0) is 17.8 Å². The Balaban J connectivity index is 1.27. The number of anilines is 3. The van der Waals surface area contributed by atoms with Gasteiger partial charge in [0.25, 0.3) is 5.91 Å². The SMILES string of the molecule is Cc1cc(C)n(CCNC(=O)c2ccc(Nc3ncc4c(n3)-c3ccc(Cl)cc3NC(=O)C4)cc2)n1. The molecule has 1 aliphatic rings. The molecule has 0 atom stereocenters. The van der Waals surface area contributed by atoms with Gasteiger partial charge in [0.05, 0.1) is 30.0 Å². The van der Waals surface area contributed by atoms with Gasteiger partial charge in [-0.05, 0) is 62.4 Å². The smallest absolute Gasteiger partial charge is 0.251 e. The number of amides is 2. The molecule has 182 valence electrons. The molecule has 9 nitrogen and oxygen atoms in total. The summed E-state index contributed by atoms with van der Waals surface area (Å²) in [4.78, 5) is 33.8. The van der Waals surface area contributed by atoms with Gasteiger partial charge < -0.3 is 16.0 Å². The summed E-state index contributed by atoms with van der Waals surface area (Å²) in [6.45, 7) is 5.03. The number of halogens is 1. The lowest BCUT2D eigenvalue weighted by molar-refractivity contribution is -0.115. The molecule has 1 aliphatic heterocycles. The first-order chi connectivity index (χ1) is 17.4. The van der Waals surface area contributed by atoms with E-state index < -0.39 is 0 Å². The molecule has 0 saturated carbocycles. The third-order valence-corrected chi connectivity index (χ3v) is 6.08. The van der Waals surface area contributed by atoms with E-state index in [0.29, 0.717) is 41.0 Å². The van der Waals surface area contributed by atoms with Crippen LogP contribution in [0.3, 0.4) is 0 Å². The van der Waals surface area contributed by atoms with Gasteiger partial charge in [-0.3, -0.25) is 14.3 Å². The second kappa shape index (κ2) is 9.79. The van der Waals surface area contributed by atoms with E-state index >= 15 is 0 Å². The molecule has 0 unspecified atom stereocenters. The summed E-state index contributed by atoms with van der Waals surface area (Å²) in [7, 11) is 0. The first kappa shape index (κ1) is 23.5. The number of carbonyl (C=O) groups is 2. The molecule has 2 aromatic carbocycles. The maximum absolute atomic E-state index is 12.5. The quantitative estimate of drug-likeness (QED) is 0.363. The summed E-state index contributed by atoms with van der Waals surface area (Å²) in [5, 5.41) is 13.9. The predicted octanol–water partition coefficient (Wildman–Crippen LogP) is 4.28. The zero-order chi connectivity index (χ0) is 25.2. The Morgan fingerprint density at radius 2 is 1.94 bits per heavy atom. The monoisotopic (exact) mass is 501 g/mol. The van der Waals surface area contributed by atoms with Crippen molar-refractivity contribution < 1.29 is 9.59 Å². The number of rotatable bonds is 6. The van der Waals surface area contributed by atoms with E-state index in [4.69, 9.17) is 11.6 Å². The standard InChI is InChI=1S/C26H24ClN7O2/c1-15-11-16(2)34(33-15)10-9-28-25(36)17-3-6-20(7-4-17)30-26-29-14-18-12-23(35)31-22-13-19(27)5-8-21(22)24(18)32-26/h3-8,11,13-14H,9-10,12H2,1-2H3,(H,28,36)(H,31,35)(H,29,30,32). The molecule has 36 heavy (non-hydrogen) atoms. The molecule has 0 fully saturated rings. The van der Waals surface area contributed by atoms with Crippen LogP contribution >= 0.6 is 11.6 Å². The summed E-state index contributed by atoms with van der Waals surface area (Å²) in [6, 6.07) is 14.4. The molecule has 0 aliphatic carbocycles. The zero-order valence-corrected chi connectivity index (χ0v) is 20.6. The molecule has 3 heterocycles. The van der Waals surface area contributed by atoms with Gasteiger partial charge in [-0.25, -0.2) is 9.97 Å². The average Bonchev–Trinajstić information content (AvgIpc) is 3.09. The minimum Gasteiger partial charge on any atom is -0.350 e. The van der Waals surface area contributed by atoms with Crippen molar-refractivity contribution in [3.63, 3.8) is 0 Å². The topological polar surface area (TPSA) is 114 Å². The number of nitrogens with zero attached hydrogens (tertiary/aromatic N) is 4. The fourth-order valence-corrected chi connectivity index (χ4v) is 4.31. The number of benzene rings is 2. The van der Waals surface area contributed by atoms with Gasteiger partial charge in [-0.15, -0.1) is 0 Å². The maximum atomic E-state index is 12.5. The second-order valence-corrected chi connectivity index (χ2v) is 9.03. The number of aromatic nitrogens is 4. The molecular formula is C26H24ClN7O2. The van der Waals surface area contributed by atoms with E-state index in [1.807, 2.05) is 30.7 Å². The highest BCUT2D eigenvalue weighted by Crippen LogP contribution is 2.34. The van der Waals surface area contributed by atoms with Crippen molar-refractivity contribution in [3.05, 3.63) is 82.3 Å². The van der Waals surface area contributed by atoms with Crippen molar-refractivity contribution in [1.29, 1.82) is 0 Å². The Morgan fingerprint density at radius 1 is 1.14 bits per heavy atom. The van der Waals surface area contributed by atoms with Crippen LogP contribution in [-0.4, -0.2) is 38.1 Å². The van der Waals surface area contributed by atoms with Crippen LogP contribution in [0, 0.1) is 13.8 Å². The van der Waals surface area contributed by atoms with Crippen LogP contribution < -0.4 is 16.0 Å². The van der Waals surface area contributed by atoms with E-state index in [2.05, 4.69) is 31.0 Å². The van der Waals surface area contributed by atoms with Gasteiger partial charge in [0, 0.05) is 45.8 Å². The minimum absolute atomic E-state index is 0.148. The van der Waals surface area contributed by atoms with Crippen molar-refractivity contribution in [2.75, 3.05) is 17.2 Å². The first-order valence-electron chi connectivity index (χ1n) is 11.5. The minimum atomic E-state index is -0.156. The summed E-state index contributed by atoms with van der Waals surface area (Å²) in [5.41, 5.74) is 6.08. The van der Waals surface area contributed by atoms with Gasteiger partial charge in [0.2, 0.25) is 11.9 Å². The van der Waals surface area contributed by atoms with Gasteiger partial charge in [-0.1, -0.05) is 11.6 Å². The molecule has 2 aromatic heterocycles. The fourth-order valence-electron chi connectivity index (χ4n) is 4.14. The summed E-state index contributed by atoms with van der Waals surface area (Å²) in [6.07, 6.45) is 1.82. The van der Waals surface area contributed by atoms with Crippen molar-refractivity contribution >= 4 is 40.7 Å². The van der Waals surface area contributed by atoms with E-state index in [9.17, 15) is 9.59 Å².